The number of nitrogens with one attached hydrogen (secondary N) is 9. The molecule has 0 aliphatic heterocycles. The third kappa shape index (κ3) is 32.7. The Morgan fingerprint density at radius 1 is 0.554 bits per heavy atom. The molecule has 101 heavy (non-hydrogen) atoms. The van der Waals surface area contributed by atoms with Crippen molar-refractivity contribution >= 4 is 103 Å². The van der Waals surface area contributed by atoms with E-state index in [1.807, 2.05) is 45.0 Å². The number of carbonyl (C=O) groups is 9. The van der Waals surface area contributed by atoms with E-state index >= 15 is 0 Å². The molecule has 0 bridgehead atoms. The molecule has 0 heterocycles. The number of anilines is 1. The number of rotatable bonds is 51. The van der Waals surface area contributed by atoms with Crippen LogP contribution < -0.4 is 69.4 Å². The van der Waals surface area contributed by atoms with Crippen LogP contribution in [0.3, 0.4) is 0 Å². The van der Waals surface area contributed by atoms with Crippen molar-refractivity contribution in [1.29, 1.82) is 0 Å². The first-order valence-corrected chi connectivity index (χ1v) is 39.1. The maximum absolute atomic E-state index is 14.7. The molecule has 8 amide bonds. The van der Waals surface area contributed by atoms with Gasteiger partial charge in [-0.25, -0.2) is 13.2 Å². The molecule has 2 aromatic rings. The highest BCUT2D eigenvalue weighted by Gasteiger charge is 2.38. The lowest BCUT2D eigenvalue weighted by molar-refractivity contribution is -0.142. The summed E-state index contributed by atoms with van der Waals surface area (Å²) in [5.41, 5.74) is 21.8. The average Bonchev–Trinajstić information content (AvgIpc) is 0.774. The van der Waals surface area contributed by atoms with Gasteiger partial charge in [-0.05, 0) is 174 Å². The van der Waals surface area contributed by atoms with Crippen molar-refractivity contribution in [3.05, 3.63) is 71.3 Å². The number of nitrogens with zero attached hydrogens (tertiary/aromatic N) is 1. The first kappa shape index (κ1) is 90.4. The third-order valence-electron chi connectivity index (χ3n) is 17.1. The van der Waals surface area contributed by atoms with Crippen LogP contribution in [-0.4, -0.2) is 201 Å². The molecule has 0 spiro atoms. The van der Waals surface area contributed by atoms with Crippen molar-refractivity contribution < 1.29 is 66.9 Å². The number of fused-ring (bicyclic) bond motifs is 1. The molecule has 2 rings (SSSR count). The van der Waals surface area contributed by atoms with E-state index in [1.165, 1.54) is 47.7 Å². The Hall–Kier alpha value is -6.64. The number of carboxylic acids is 1. The fourth-order valence-corrected chi connectivity index (χ4v) is 13.7. The van der Waals surface area contributed by atoms with E-state index in [-0.39, 0.29) is 68.8 Å². The number of carbonyl (C=O) groups excluding carboxylic acids is 8. The predicted octanol–water partition coefficient (Wildman–Crippen LogP) is 3.88. The first-order valence-electron chi connectivity index (χ1n) is 35.1. The predicted molar refractivity (Wildman–Crippen MR) is 403 cm³/mol. The summed E-state index contributed by atoms with van der Waals surface area (Å²) < 4.78 is 30.9. The van der Waals surface area contributed by atoms with Crippen LogP contribution in [0.4, 0.5) is 5.69 Å². The lowest BCUT2D eigenvalue weighted by Gasteiger charge is -2.30. The largest absolute Gasteiger partial charge is 0.480 e. The number of sulfonamides is 1. The molecule has 0 saturated carbocycles. The Morgan fingerprint density at radius 3 is 1.54 bits per heavy atom. The van der Waals surface area contributed by atoms with Gasteiger partial charge in [0.15, 0.2) is 0 Å². The lowest BCUT2D eigenvalue weighted by Crippen LogP contribution is -2.62. The molecule has 570 valence electrons. The number of carboxylic acid groups (broad SMARTS) is 1. The van der Waals surface area contributed by atoms with Crippen LogP contribution in [0.5, 0.6) is 0 Å². The van der Waals surface area contributed by atoms with E-state index in [9.17, 15) is 66.9 Å². The van der Waals surface area contributed by atoms with Crippen molar-refractivity contribution in [1.82, 2.24) is 47.3 Å². The number of amides is 8. The van der Waals surface area contributed by atoms with Gasteiger partial charge in [0.05, 0.1) is 17.6 Å². The Morgan fingerprint density at radius 2 is 1.01 bits per heavy atom. The Bertz CT molecular complexity index is 3180. The van der Waals surface area contributed by atoms with Crippen molar-refractivity contribution in [3.63, 3.8) is 0 Å². The molecular weight excluding hydrogens is 1360 g/mol. The van der Waals surface area contributed by atoms with Gasteiger partial charge in [-0.3, -0.25) is 38.4 Å². The summed E-state index contributed by atoms with van der Waals surface area (Å²) in [7, 11) is -0.796. The van der Waals surface area contributed by atoms with E-state index in [2.05, 4.69) is 80.2 Å². The number of hydrogen-bond acceptors (Lipinski definition) is 19. The number of aliphatic hydroxyl groups is 2. The molecular formula is C71H119N13O14S3. The second-order valence-corrected chi connectivity index (χ2v) is 30.2. The van der Waals surface area contributed by atoms with Crippen molar-refractivity contribution in [3.8, 4) is 0 Å². The Balaban J connectivity index is 2.55. The lowest BCUT2D eigenvalue weighted by atomic mass is 9.96. The quantitative estimate of drug-likeness (QED) is 0.0330. The fourth-order valence-electron chi connectivity index (χ4n) is 10.7. The number of aliphatic carboxylic acids is 1. The normalized spacial score (nSPS) is 15.2. The van der Waals surface area contributed by atoms with Crippen LogP contribution in [0.25, 0.3) is 10.8 Å². The fraction of sp³-hybridized carbons (Fsp3) is 0.648. The van der Waals surface area contributed by atoms with Gasteiger partial charge in [0.1, 0.15) is 54.4 Å². The molecule has 0 saturated heterocycles. The number of nitrogens with two attached hydrogens (primary N) is 3. The van der Waals surface area contributed by atoms with Crippen LogP contribution in [0.1, 0.15) is 159 Å². The van der Waals surface area contributed by atoms with Crippen LogP contribution in [0.15, 0.2) is 76.2 Å². The van der Waals surface area contributed by atoms with Gasteiger partial charge in [-0.1, -0.05) is 99.7 Å². The van der Waals surface area contributed by atoms with Crippen LogP contribution >= 0.6 is 23.5 Å². The number of allylic oxidation sites excluding steroid dienone is 5. The SMILES string of the molecule is CC[C@H](C)[C@H](NC(=O)[C@@H](NC(=O)[C@H](CSC/C=C(\C)CC/C=C(\C)CCC=C(C)C)NC(=O)[C@H](CCCCN)NC(=O)[C@@H](NC(=O)[C@H](CCCCN)NC(=O)[C@H](CO)NC(=O)[C@H](CCCCN)NS(=O)(=O)c1cccc2c(N(C)C)cccc12)[C@@H](C)O)C(C)C)C(=O)N[C@@H](CCSC)C(=O)O. The third-order valence-corrected chi connectivity index (χ3v) is 20.2. The highest BCUT2D eigenvalue weighted by molar-refractivity contribution is 7.99. The van der Waals surface area contributed by atoms with Gasteiger partial charge in [-0.15, -0.1) is 0 Å². The van der Waals surface area contributed by atoms with E-state index < -0.39 is 142 Å². The van der Waals surface area contributed by atoms with Gasteiger partial charge in [0, 0.05) is 42.1 Å². The molecule has 11 atom stereocenters. The van der Waals surface area contributed by atoms with E-state index in [1.54, 1.807) is 51.3 Å². The van der Waals surface area contributed by atoms with E-state index in [4.69, 9.17) is 17.2 Å². The zero-order valence-corrected chi connectivity index (χ0v) is 63.9. The van der Waals surface area contributed by atoms with Crippen molar-refractivity contribution in [2.24, 2.45) is 29.0 Å². The molecule has 0 fully saturated rings. The second kappa shape index (κ2) is 48.3. The minimum atomic E-state index is -4.43. The summed E-state index contributed by atoms with van der Waals surface area (Å²) in [5, 5.41) is 53.7. The first-order chi connectivity index (χ1) is 47.8. The molecule has 0 radical (unpaired) electrons. The highest BCUT2D eigenvalue weighted by Crippen LogP contribution is 2.31. The van der Waals surface area contributed by atoms with Gasteiger partial charge >= 0.3 is 5.97 Å². The van der Waals surface area contributed by atoms with Crippen LogP contribution in [-0.2, 0) is 53.2 Å². The molecule has 0 aliphatic carbocycles. The van der Waals surface area contributed by atoms with Crippen molar-refractivity contribution in [2.75, 3.05) is 68.8 Å². The summed E-state index contributed by atoms with van der Waals surface area (Å²) >= 11 is 2.73. The summed E-state index contributed by atoms with van der Waals surface area (Å²) in [6, 6.07) is -2.98. The van der Waals surface area contributed by atoms with Crippen LogP contribution in [0, 0.1) is 11.8 Å². The maximum Gasteiger partial charge on any atom is 0.326 e. The Labute approximate surface area is 607 Å². The summed E-state index contributed by atoms with van der Waals surface area (Å²) in [5.74, 6) is -8.57. The minimum absolute atomic E-state index is 0.0339. The monoisotopic (exact) mass is 1470 g/mol. The smallest absolute Gasteiger partial charge is 0.326 e. The van der Waals surface area contributed by atoms with Gasteiger partial charge in [0.25, 0.3) is 0 Å². The molecule has 18 N–H and O–H groups in total. The van der Waals surface area contributed by atoms with Crippen molar-refractivity contribution in [2.45, 2.75) is 224 Å². The summed E-state index contributed by atoms with van der Waals surface area (Å²) in [4.78, 5) is 129. The molecule has 0 unspecified atom stereocenters. The molecule has 2 aromatic carbocycles. The number of unbranched alkanes of at least 4 members (excludes halogenated alkanes) is 3. The zero-order valence-electron chi connectivity index (χ0n) is 61.4. The number of hydrogen-bond donors (Lipinski definition) is 15. The maximum atomic E-state index is 14.7. The van der Waals surface area contributed by atoms with Gasteiger partial charge in [-0.2, -0.15) is 28.2 Å². The average molecular weight is 1480 g/mol. The van der Waals surface area contributed by atoms with Crippen LogP contribution in [0.2, 0.25) is 0 Å². The molecule has 27 nitrogen and oxygen atoms in total. The molecule has 0 aliphatic rings. The van der Waals surface area contributed by atoms with Gasteiger partial charge in [0.2, 0.25) is 57.3 Å². The number of aliphatic hydroxyl groups excluding tert-OH is 2. The number of thioether (sulfide) groups is 2. The summed E-state index contributed by atoms with van der Waals surface area (Å²) in [6.07, 6.45) is 12.5. The van der Waals surface area contributed by atoms with E-state index in [0.717, 1.165) is 36.9 Å². The van der Waals surface area contributed by atoms with E-state index in [0.29, 0.717) is 54.4 Å². The standard InChI is InChI=1S/C71H119N13O14S3/c1-13-48(8)61(69(93)77-55(71(95)96)36-40-99-12)81-68(92)60(45(4)5)80-67(91)57(43-100-41-35-47(7)27-21-26-46(6)25-20-24-44(2)3)79-63(87)52(30-14-17-37-72)76-70(94)62(49(9)86)82-64(88)53(31-15-18-38-73)75-66(90)56(42-85)78-65(89)54(32-16-19-39-74)83-101(97,98)59-34-23-28-50-51(59)29-22-33-58(50)84(10)11/h22-24,26,28-29,33-35,45,48-49,52-57,60-62,83,85-86H,13-21,25,27,30-32,36-43,72-74H2,1-12H3,(H,75,90)(H,76,94)(H,77,93)(H,78,89)(H,79,87)(H,80,91)(H,81,92)(H,82,88)(H,95,96)/b46-26+,47-35+/t48-,49+,52-,53-,54-,55-,56-,57-,60-,61-,62-/m0/s1. The minimum Gasteiger partial charge on any atom is -0.480 e. The zero-order chi connectivity index (χ0) is 75.9. The number of benzene rings is 2. The van der Waals surface area contributed by atoms with Gasteiger partial charge < -0.3 is 80.0 Å². The Kier molecular flexibility index (Phi) is 43.3. The summed E-state index contributed by atoms with van der Waals surface area (Å²) in [6.45, 7) is 16.0. The molecule has 0 aromatic heterocycles. The highest BCUT2D eigenvalue weighted by atomic mass is 32.2. The molecule has 30 heteroatoms. The second-order valence-electron chi connectivity index (χ2n) is 26.5. The topological polar surface area (TPSA) is 438 Å².